The van der Waals surface area contributed by atoms with Crippen molar-refractivity contribution >= 4 is 0 Å². The summed E-state index contributed by atoms with van der Waals surface area (Å²) in [7, 11) is 0. The molecule has 0 spiro atoms. The van der Waals surface area contributed by atoms with Crippen molar-refractivity contribution in [3.8, 4) is 0 Å². The van der Waals surface area contributed by atoms with Crippen LogP contribution in [0.4, 0.5) is 0 Å². The first-order valence-electron chi connectivity index (χ1n) is 6.52. The van der Waals surface area contributed by atoms with E-state index in [0.717, 1.165) is 31.2 Å². The zero-order valence-corrected chi connectivity index (χ0v) is 10.5. The van der Waals surface area contributed by atoms with Crippen molar-refractivity contribution in [3.63, 3.8) is 0 Å². The first kappa shape index (κ1) is 13.0. The van der Waals surface area contributed by atoms with Gasteiger partial charge in [-0.3, -0.25) is 0 Å². The molecule has 2 heteroatoms. The Morgan fingerprint density at radius 3 is 2.40 bits per heavy atom. The Morgan fingerprint density at radius 1 is 1.27 bits per heavy atom. The van der Waals surface area contributed by atoms with E-state index >= 15 is 0 Å². The predicted octanol–water partition coefficient (Wildman–Crippen LogP) is 2.56. The van der Waals surface area contributed by atoms with Crippen LogP contribution in [0.2, 0.25) is 0 Å². The Bertz CT molecular complexity index is 160. The fourth-order valence-electron chi connectivity index (χ4n) is 2.75. The molecule has 0 bridgehead atoms. The van der Waals surface area contributed by atoms with Gasteiger partial charge >= 0.3 is 0 Å². The van der Waals surface area contributed by atoms with Crippen LogP contribution in [0.15, 0.2) is 0 Å². The monoisotopic (exact) mass is 213 g/mol. The van der Waals surface area contributed by atoms with Crippen molar-refractivity contribution in [2.24, 2.45) is 11.8 Å². The minimum Gasteiger partial charge on any atom is -0.393 e. The summed E-state index contributed by atoms with van der Waals surface area (Å²) < 4.78 is 0. The third-order valence-electron chi connectivity index (χ3n) is 3.72. The molecule has 90 valence electrons. The number of aliphatic hydroxyl groups excluding tert-OH is 1. The van der Waals surface area contributed by atoms with E-state index in [9.17, 15) is 0 Å². The highest BCUT2D eigenvalue weighted by Gasteiger charge is 2.26. The number of hydrogen-bond acceptors (Lipinski definition) is 2. The lowest BCUT2D eigenvalue weighted by Gasteiger charge is -2.35. The van der Waals surface area contributed by atoms with Gasteiger partial charge in [-0.05, 0) is 51.0 Å². The van der Waals surface area contributed by atoms with Gasteiger partial charge in [0.2, 0.25) is 0 Å². The Hall–Kier alpha value is -0.0800. The number of aliphatic hydroxyl groups is 1. The maximum Gasteiger partial charge on any atom is 0.0512 e. The molecule has 1 aliphatic rings. The van der Waals surface area contributed by atoms with Crippen molar-refractivity contribution < 1.29 is 5.11 Å². The van der Waals surface area contributed by atoms with Crippen LogP contribution in [0.25, 0.3) is 0 Å². The van der Waals surface area contributed by atoms with Crippen LogP contribution in [0.3, 0.4) is 0 Å². The van der Waals surface area contributed by atoms with E-state index < -0.39 is 0 Å². The molecule has 2 N–H and O–H groups in total. The fourth-order valence-corrected chi connectivity index (χ4v) is 2.75. The Labute approximate surface area is 94.5 Å². The average molecular weight is 213 g/mol. The minimum absolute atomic E-state index is 0.145. The van der Waals surface area contributed by atoms with E-state index in [2.05, 4.69) is 19.2 Å². The summed E-state index contributed by atoms with van der Waals surface area (Å²) in [6.45, 7) is 7.65. The second kappa shape index (κ2) is 6.49. The fraction of sp³-hybridized carbons (Fsp3) is 1.00. The standard InChI is InChI=1S/C13H27NO/c1-10-6-4-7-11(2)13(10)14-9-5-8-12(3)15/h10-15H,4-9H2,1-3H3. The van der Waals surface area contributed by atoms with Gasteiger partial charge in [0.1, 0.15) is 0 Å². The van der Waals surface area contributed by atoms with E-state index in [4.69, 9.17) is 5.11 Å². The summed E-state index contributed by atoms with van der Waals surface area (Å²) in [6, 6.07) is 0.702. The van der Waals surface area contributed by atoms with Crippen LogP contribution in [-0.4, -0.2) is 23.8 Å². The molecule has 3 unspecified atom stereocenters. The molecule has 0 aliphatic heterocycles. The molecule has 0 amide bonds. The molecule has 3 atom stereocenters. The van der Waals surface area contributed by atoms with Crippen molar-refractivity contribution in [2.75, 3.05) is 6.54 Å². The Balaban J connectivity index is 2.17. The van der Waals surface area contributed by atoms with Gasteiger partial charge in [-0.25, -0.2) is 0 Å². The van der Waals surface area contributed by atoms with Crippen LogP contribution in [0.5, 0.6) is 0 Å². The van der Waals surface area contributed by atoms with E-state index in [-0.39, 0.29) is 6.10 Å². The molecule has 1 rings (SSSR count). The smallest absolute Gasteiger partial charge is 0.0512 e. The molecule has 15 heavy (non-hydrogen) atoms. The van der Waals surface area contributed by atoms with Gasteiger partial charge in [-0.2, -0.15) is 0 Å². The van der Waals surface area contributed by atoms with Crippen LogP contribution in [0.1, 0.15) is 52.9 Å². The molecule has 0 aromatic heterocycles. The lowest BCUT2D eigenvalue weighted by molar-refractivity contribution is 0.174. The lowest BCUT2D eigenvalue weighted by Crippen LogP contribution is -2.43. The minimum atomic E-state index is -0.145. The highest BCUT2D eigenvalue weighted by atomic mass is 16.3. The molecular formula is C13H27NO. The summed E-state index contributed by atoms with van der Waals surface area (Å²) in [5, 5.41) is 12.8. The molecule has 0 heterocycles. The van der Waals surface area contributed by atoms with Crippen molar-refractivity contribution in [3.05, 3.63) is 0 Å². The lowest BCUT2D eigenvalue weighted by atomic mass is 9.79. The first-order valence-corrected chi connectivity index (χ1v) is 6.52. The zero-order chi connectivity index (χ0) is 11.3. The summed E-state index contributed by atoms with van der Waals surface area (Å²) in [6.07, 6.45) is 6.01. The largest absolute Gasteiger partial charge is 0.393 e. The van der Waals surface area contributed by atoms with Gasteiger partial charge in [0.25, 0.3) is 0 Å². The SMILES string of the molecule is CC(O)CCCNC1C(C)CCCC1C. The highest BCUT2D eigenvalue weighted by molar-refractivity contribution is 4.83. The highest BCUT2D eigenvalue weighted by Crippen LogP contribution is 2.28. The van der Waals surface area contributed by atoms with Gasteiger partial charge in [0.15, 0.2) is 0 Å². The van der Waals surface area contributed by atoms with Gasteiger partial charge in [-0.1, -0.05) is 20.3 Å². The topological polar surface area (TPSA) is 32.3 Å². The third kappa shape index (κ3) is 4.52. The normalized spacial score (nSPS) is 34.0. The van der Waals surface area contributed by atoms with Gasteiger partial charge in [0.05, 0.1) is 6.10 Å². The average Bonchev–Trinajstić information content (AvgIpc) is 2.15. The summed E-state index contributed by atoms with van der Waals surface area (Å²) in [5.41, 5.74) is 0. The van der Waals surface area contributed by atoms with Gasteiger partial charge < -0.3 is 10.4 Å². The zero-order valence-electron chi connectivity index (χ0n) is 10.5. The molecule has 1 saturated carbocycles. The van der Waals surface area contributed by atoms with Gasteiger partial charge in [-0.15, -0.1) is 0 Å². The van der Waals surface area contributed by atoms with Crippen molar-refractivity contribution in [1.82, 2.24) is 5.32 Å². The Morgan fingerprint density at radius 2 is 1.87 bits per heavy atom. The van der Waals surface area contributed by atoms with Crippen molar-refractivity contribution in [1.29, 1.82) is 0 Å². The number of hydrogen-bond donors (Lipinski definition) is 2. The van der Waals surface area contributed by atoms with Crippen LogP contribution in [-0.2, 0) is 0 Å². The van der Waals surface area contributed by atoms with Crippen LogP contribution >= 0.6 is 0 Å². The summed E-state index contributed by atoms with van der Waals surface area (Å²) in [5.74, 6) is 1.64. The maximum atomic E-state index is 9.17. The van der Waals surface area contributed by atoms with Gasteiger partial charge in [0, 0.05) is 6.04 Å². The summed E-state index contributed by atoms with van der Waals surface area (Å²) >= 11 is 0. The van der Waals surface area contributed by atoms with Crippen LogP contribution < -0.4 is 5.32 Å². The first-order chi connectivity index (χ1) is 7.11. The molecule has 0 radical (unpaired) electrons. The molecule has 2 nitrogen and oxygen atoms in total. The quantitative estimate of drug-likeness (QED) is 0.688. The number of nitrogens with one attached hydrogen (secondary N) is 1. The number of rotatable bonds is 5. The second-order valence-electron chi connectivity index (χ2n) is 5.36. The molecule has 1 fully saturated rings. The molecule has 0 aromatic carbocycles. The Kier molecular flexibility index (Phi) is 5.62. The molecule has 1 aliphatic carbocycles. The second-order valence-corrected chi connectivity index (χ2v) is 5.36. The van der Waals surface area contributed by atoms with E-state index in [1.54, 1.807) is 0 Å². The van der Waals surface area contributed by atoms with E-state index in [1.165, 1.54) is 19.3 Å². The van der Waals surface area contributed by atoms with E-state index in [0.29, 0.717) is 6.04 Å². The maximum absolute atomic E-state index is 9.17. The molecule has 0 aromatic rings. The predicted molar refractivity (Wildman–Crippen MR) is 64.9 cm³/mol. The van der Waals surface area contributed by atoms with Crippen molar-refractivity contribution in [2.45, 2.75) is 65.0 Å². The molecular weight excluding hydrogens is 186 g/mol. The molecule has 0 saturated heterocycles. The summed E-state index contributed by atoms with van der Waals surface area (Å²) in [4.78, 5) is 0. The van der Waals surface area contributed by atoms with Crippen LogP contribution in [0, 0.1) is 11.8 Å². The van der Waals surface area contributed by atoms with E-state index in [1.807, 2.05) is 6.92 Å². The third-order valence-corrected chi connectivity index (χ3v) is 3.72.